The molecule has 2 aliphatic rings. The van der Waals surface area contributed by atoms with Crippen LogP contribution in [0, 0.1) is 0 Å². The third-order valence-corrected chi connectivity index (χ3v) is 4.94. The van der Waals surface area contributed by atoms with Gasteiger partial charge in [-0.25, -0.2) is 0 Å². The minimum Gasteiger partial charge on any atom is -0.395 e. The monoisotopic (exact) mass is 367 g/mol. The van der Waals surface area contributed by atoms with E-state index in [1.54, 1.807) is 23.1 Å². The van der Waals surface area contributed by atoms with Crippen molar-refractivity contribution in [3.8, 4) is 0 Å². The van der Waals surface area contributed by atoms with E-state index in [-0.39, 0.29) is 25.0 Å². The summed E-state index contributed by atoms with van der Waals surface area (Å²) in [5, 5.41) is 12.3. The second-order valence-corrected chi connectivity index (χ2v) is 6.60. The van der Waals surface area contributed by atoms with Crippen LogP contribution in [0.25, 0.3) is 0 Å². The fourth-order valence-electron chi connectivity index (χ4n) is 3.25. The molecule has 25 heavy (non-hydrogen) atoms. The summed E-state index contributed by atoms with van der Waals surface area (Å²) in [6, 6.07) is 6.54. The van der Waals surface area contributed by atoms with E-state index in [1.807, 2.05) is 6.07 Å². The molecule has 3 rings (SSSR count). The zero-order valence-electron chi connectivity index (χ0n) is 13.9. The van der Waals surface area contributed by atoms with E-state index in [4.69, 9.17) is 21.4 Å². The summed E-state index contributed by atoms with van der Waals surface area (Å²) in [5.41, 5.74) is 0.675. The Morgan fingerprint density at radius 3 is 2.68 bits per heavy atom. The van der Waals surface area contributed by atoms with Crippen LogP contribution in [-0.2, 0) is 14.3 Å². The number of carbonyl (C=O) groups excluding carboxylic acids is 2. The molecular formula is C17H22ClN3O4. The second-order valence-electron chi connectivity index (χ2n) is 6.19. The minimum absolute atomic E-state index is 0.111. The Morgan fingerprint density at radius 2 is 2.00 bits per heavy atom. The predicted octanol–water partition coefficient (Wildman–Crippen LogP) is 0.0326. The van der Waals surface area contributed by atoms with Crippen LogP contribution in [0.5, 0.6) is 0 Å². The summed E-state index contributed by atoms with van der Waals surface area (Å²) in [7, 11) is 0. The molecule has 0 radical (unpaired) electrons. The first-order valence-corrected chi connectivity index (χ1v) is 8.75. The number of nitrogens with one attached hydrogen (secondary N) is 1. The van der Waals surface area contributed by atoms with Gasteiger partial charge in [0.05, 0.1) is 12.6 Å². The molecule has 8 heteroatoms. The number of aliphatic hydroxyl groups is 1. The molecule has 2 saturated heterocycles. The summed E-state index contributed by atoms with van der Waals surface area (Å²) >= 11 is 6.25. The Labute approximate surface area is 151 Å². The molecule has 2 heterocycles. The van der Waals surface area contributed by atoms with Gasteiger partial charge in [-0.2, -0.15) is 0 Å². The van der Waals surface area contributed by atoms with Gasteiger partial charge in [0.15, 0.2) is 6.10 Å². The van der Waals surface area contributed by atoms with Crippen LogP contribution in [0.2, 0.25) is 5.02 Å². The largest absolute Gasteiger partial charge is 0.395 e. The van der Waals surface area contributed by atoms with E-state index in [9.17, 15) is 9.59 Å². The van der Waals surface area contributed by atoms with E-state index in [0.717, 1.165) is 0 Å². The summed E-state index contributed by atoms with van der Waals surface area (Å²) in [6.07, 6.45) is -0.790. The Morgan fingerprint density at radius 1 is 1.28 bits per heavy atom. The van der Waals surface area contributed by atoms with E-state index >= 15 is 0 Å². The average molecular weight is 368 g/mol. The second kappa shape index (κ2) is 8.14. The molecule has 136 valence electrons. The van der Waals surface area contributed by atoms with Gasteiger partial charge in [0.2, 0.25) is 5.91 Å². The lowest BCUT2D eigenvalue weighted by Crippen LogP contribution is -2.57. The molecule has 0 spiro atoms. The van der Waals surface area contributed by atoms with Crippen molar-refractivity contribution in [1.82, 2.24) is 15.1 Å². The number of benzene rings is 1. The normalized spacial score (nSPS) is 24.9. The smallest absolute Gasteiger partial charge is 0.254 e. The highest BCUT2D eigenvalue weighted by Gasteiger charge is 2.39. The molecule has 2 unspecified atom stereocenters. The highest BCUT2D eigenvalue weighted by molar-refractivity contribution is 6.31. The van der Waals surface area contributed by atoms with Crippen molar-refractivity contribution in [3.63, 3.8) is 0 Å². The van der Waals surface area contributed by atoms with Gasteiger partial charge in [-0.3, -0.25) is 14.5 Å². The highest BCUT2D eigenvalue weighted by atomic mass is 35.5. The fourth-order valence-corrected chi connectivity index (χ4v) is 3.50. The first-order chi connectivity index (χ1) is 12.1. The predicted molar refractivity (Wildman–Crippen MR) is 92.2 cm³/mol. The van der Waals surface area contributed by atoms with Gasteiger partial charge in [-0.05, 0) is 11.6 Å². The molecule has 0 aliphatic carbocycles. The summed E-state index contributed by atoms with van der Waals surface area (Å²) in [5.74, 6) is -0.407. The van der Waals surface area contributed by atoms with Crippen molar-refractivity contribution in [3.05, 3.63) is 34.9 Å². The zero-order chi connectivity index (χ0) is 17.8. The average Bonchev–Trinajstić information content (AvgIpc) is 2.62. The summed E-state index contributed by atoms with van der Waals surface area (Å²) in [6.45, 7) is 3.15. The van der Waals surface area contributed by atoms with Crippen molar-refractivity contribution in [2.45, 2.75) is 12.1 Å². The molecule has 0 aromatic heterocycles. The van der Waals surface area contributed by atoms with Crippen LogP contribution in [0.4, 0.5) is 0 Å². The number of hydrogen-bond donors (Lipinski definition) is 2. The number of carbonyl (C=O) groups is 2. The molecule has 2 atom stereocenters. The topological polar surface area (TPSA) is 82.1 Å². The van der Waals surface area contributed by atoms with E-state index in [2.05, 4.69) is 10.2 Å². The van der Waals surface area contributed by atoms with Crippen LogP contribution < -0.4 is 5.32 Å². The van der Waals surface area contributed by atoms with Crippen LogP contribution >= 0.6 is 11.6 Å². The lowest BCUT2D eigenvalue weighted by molar-refractivity contribution is -0.156. The van der Waals surface area contributed by atoms with Crippen molar-refractivity contribution < 1.29 is 19.4 Å². The summed E-state index contributed by atoms with van der Waals surface area (Å²) in [4.78, 5) is 28.6. The van der Waals surface area contributed by atoms with Gasteiger partial charge in [0.1, 0.15) is 6.61 Å². The standard InChI is InChI=1S/C17H22ClN3O4/c18-13-4-2-1-3-12(13)15-16(25-11-14(23)19-15)17(24)21-7-5-20(6-8-21)9-10-22/h1-4,15-16,22H,5-11H2,(H,19,23). The number of aliphatic hydroxyl groups excluding tert-OH is 1. The first kappa shape index (κ1) is 18.1. The highest BCUT2D eigenvalue weighted by Crippen LogP contribution is 2.29. The van der Waals surface area contributed by atoms with Crippen molar-refractivity contribution in [2.24, 2.45) is 0 Å². The molecule has 0 bridgehead atoms. The molecule has 2 amide bonds. The molecule has 2 N–H and O–H groups in total. The third-order valence-electron chi connectivity index (χ3n) is 4.60. The Kier molecular flexibility index (Phi) is 5.90. The van der Waals surface area contributed by atoms with Crippen molar-refractivity contribution >= 4 is 23.4 Å². The maximum Gasteiger partial charge on any atom is 0.254 e. The van der Waals surface area contributed by atoms with E-state index in [0.29, 0.717) is 43.3 Å². The zero-order valence-corrected chi connectivity index (χ0v) is 14.6. The number of hydrogen-bond acceptors (Lipinski definition) is 5. The number of nitrogens with zero attached hydrogens (tertiary/aromatic N) is 2. The molecule has 1 aromatic carbocycles. The fraction of sp³-hybridized carbons (Fsp3) is 0.529. The van der Waals surface area contributed by atoms with Gasteiger partial charge in [0, 0.05) is 37.7 Å². The number of amides is 2. The van der Waals surface area contributed by atoms with Crippen molar-refractivity contribution in [1.29, 1.82) is 0 Å². The van der Waals surface area contributed by atoms with Gasteiger partial charge in [-0.1, -0.05) is 29.8 Å². The quantitative estimate of drug-likeness (QED) is 0.785. The van der Waals surface area contributed by atoms with E-state index in [1.165, 1.54) is 0 Å². The molecule has 2 aliphatic heterocycles. The van der Waals surface area contributed by atoms with Gasteiger partial charge in [-0.15, -0.1) is 0 Å². The Balaban J connectivity index is 1.73. The van der Waals surface area contributed by atoms with Crippen LogP contribution in [0.1, 0.15) is 11.6 Å². The number of ether oxygens (including phenoxy) is 1. The number of halogens is 1. The minimum atomic E-state index is -0.790. The number of morpholine rings is 1. The van der Waals surface area contributed by atoms with Crippen LogP contribution in [-0.4, -0.2) is 78.8 Å². The lowest BCUT2D eigenvalue weighted by Gasteiger charge is -2.39. The van der Waals surface area contributed by atoms with Crippen LogP contribution in [0.3, 0.4) is 0 Å². The van der Waals surface area contributed by atoms with Crippen molar-refractivity contribution in [2.75, 3.05) is 45.9 Å². The molecule has 2 fully saturated rings. The Bertz CT molecular complexity index is 634. The van der Waals surface area contributed by atoms with Gasteiger partial charge >= 0.3 is 0 Å². The van der Waals surface area contributed by atoms with Gasteiger partial charge < -0.3 is 20.1 Å². The molecular weight excluding hydrogens is 346 g/mol. The maximum absolute atomic E-state index is 13.0. The maximum atomic E-state index is 13.0. The number of β-amino-alcohol motifs (C(OH)–C–C–N with tert-alkyl or cyclic N) is 1. The lowest BCUT2D eigenvalue weighted by atomic mass is 9.98. The Hall–Kier alpha value is -1.67. The van der Waals surface area contributed by atoms with E-state index < -0.39 is 12.1 Å². The molecule has 1 aromatic rings. The molecule has 7 nitrogen and oxygen atoms in total. The van der Waals surface area contributed by atoms with Gasteiger partial charge in [0.25, 0.3) is 5.91 Å². The number of piperazine rings is 1. The number of rotatable bonds is 4. The third kappa shape index (κ3) is 4.12. The van der Waals surface area contributed by atoms with Crippen LogP contribution in [0.15, 0.2) is 24.3 Å². The summed E-state index contributed by atoms with van der Waals surface area (Å²) < 4.78 is 5.59. The SMILES string of the molecule is O=C1COC(C(=O)N2CCN(CCO)CC2)C(c2ccccc2Cl)N1. The first-order valence-electron chi connectivity index (χ1n) is 8.37. The molecule has 0 saturated carbocycles.